The number of aliphatic carboxylic acids is 1. The van der Waals surface area contributed by atoms with Gasteiger partial charge in [0.25, 0.3) is 0 Å². The number of ether oxygens (including phenoxy) is 1. The summed E-state index contributed by atoms with van der Waals surface area (Å²) < 4.78 is 4.08. The van der Waals surface area contributed by atoms with Crippen molar-refractivity contribution in [3.05, 3.63) is 0 Å². The van der Waals surface area contributed by atoms with Crippen LogP contribution in [0.4, 0.5) is 0 Å². The van der Waals surface area contributed by atoms with Gasteiger partial charge in [-0.15, -0.1) is 0 Å². The van der Waals surface area contributed by atoms with Gasteiger partial charge < -0.3 is 14.6 Å². The van der Waals surface area contributed by atoms with Crippen LogP contribution >= 0.6 is 0 Å². The van der Waals surface area contributed by atoms with Crippen molar-refractivity contribution in [2.75, 3.05) is 0 Å². The predicted octanol–water partition coefficient (Wildman–Crippen LogP) is 0.290. The van der Waals surface area contributed by atoms with Gasteiger partial charge in [-0.3, -0.25) is 14.4 Å². The number of cyclic esters (lactones) is 2. The van der Waals surface area contributed by atoms with E-state index in [1.807, 2.05) is 0 Å². The molecule has 0 aromatic rings. The topological polar surface area (TPSA) is 97.7 Å². The van der Waals surface area contributed by atoms with Crippen LogP contribution in [-0.2, 0) is 23.9 Å². The van der Waals surface area contributed by atoms with Crippen LogP contribution in [-0.4, -0.2) is 28.8 Å². The van der Waals surface area contributed by atoms with Crippen molar-refractivity contribution >= 4 is 23.7 Å². The van der Waals surface area contributed by atoms with Crippen LogP contribution in [0.2, 0.25) is 0 Å². The Morgan fingerprint density at radius 1 is 1.20 bits per heavy atom. The first-order valence-electron chi connectivity index (χ1n) is 4.36. The van der Waals surface area contributed by atoms with Crippen LogP contribution in [0.15, 0.2) is 0 Å². The smallest absolute Gasteiger partial charge is 0.314 e. The molecule has 1 aliphatic rings. The van der Waals surface area contributed by atoms with Crippen LogP contribution in [0.5, 0.6) is 0 Å². The Hall–Kier alpha value is -1.72. The van der Waals surface area contributed by atoms with E-state index in [2.05, 4.69) is 4.74 Å². The monoisotopic (exact) mass is 216 g/mol. The molecule has 0 saturated carbocycles. The number of carbonyl (C=O) groups is 4. The van der Waals surface area contributed by atoms with Gasteiger partial charge in [-0.1, -0.05) is 0 Å². The molecule has 0 aromatic heterocycles. The van der Waals surface area contributed by atoms with Gasteiger partial charge in [-0.2, -0.15) is 0 Å². The van der Waals surface area contributed by atoms with Crippen molar-refractivity contribution in [1.82, 2.24) is 0 Å². The Kier molecular flexibility index (Phi) is 5.92. The summed E-state index contributed by atoms with van der Waals surface area (Å²) in [6.07, 6.45) is 0.627. The van der Waals surface area contributed by atoms with Crippen LogP contribution in [0.25, 0.3) is 0 Å². The Bertz CT molecular complexity index is 252. The Labute approximate surface area is 86.2 Å². The highest BCUT2D eigenvalue weighted by Crippen LogP contribution is 2.03. The van der Waals surface area contributed by atoms with Crippen LogP contribution in [0.3, 0.4) is 0 Å². The molecule has 15 heavy (non-hydrogen) atoms. The number of hydrogen-bond donors (Lipinski definition) is 1. The normalized spacial score (nSPS) is 13.9. The van der Waals surface area contributed by atoms with E-state index in [1.54, 1.807) is 0 Å². The third kappa shape index (κ3) is 8.61. The van der Waals surface area contributed by atoms with E-state index >= 15 is 0 Å². The van der Waals surface area contributed by atoms with Crippen LogP contribution < -0.4 is 0 Å². The molecule has 0 atom stereocenters. The number of Topliss-reactive ketones (excluding diaryl/α,β-unsaturated/α-hetero) is 1. The van der Waals surface area contributed by atoms with Gasteiger partial charge in [-0.25, -0.2) is 0 Å². The molecule has 6 nitrogen and oxygen atoms in total. The maximum absolute atomic E-state index is 10.1. The molecule has 0 spiro atoms. The predicted molar refractivity (Wildman–Crippen MR) is 47.9 cm³/mol. The summed E-state index contributed by atoms with van der Waals surface area (Å²) in [6.45, 7) is 1.38. The van der Waals surface area contributed by atoms with Crippen molar-refractivity contribution in [3.63, 3.8) is 0 Å². The fourth-order valence-corrected chi connectivity index (χ4v) is 0.716. The average Bonchev–Trinajstić information content (AvgIpc) is 2.47. The number of hydrogen-bond acceptors (Lipinski definition) is 5. The lowest BCUT2D eigenvalue weighted by Crippen LogP contribution is -1.98. The zero-order valence-electron chi connectivity index (χ0n) is 8.32. The number of rotatable bonds is 3. The van der Waals surface area contributed by atoms with E-state index in [0.717, 1.165) is 0 Å². The van der Waals surface area contributed by atoms with Crippen molar-refractivity contribution < 1.29 is 29.0 Å². The fraction of sp³-hybridized carbons (Fsp3) is 0.556. The largest absolute Gasteiger partial charge is 0.481 e. The van der Waals surface area contributed by atoms with Crippen LogP contribution in [0.1, 0.15) is 32.6 Å². The zero-order valence-corrected chi connectivity index (χ0v) is 8.32. The third-order valence-corrected chi connectivity index (χ3v) is 1.45. The first kappa shape index (κ1) is 13.3. The van der Waals surface area contributed by atoms with Crippen LogP contribution in [0, 0.1) is 0 Å². The Morgan fingerprint density at radius 3 is 1.80 bits per heavy atom. The summed E-state index contributed by atoms with van der Waals surface area (Å²) in [5, 5.41) is 8.01. The van der Waals surface area contributed by atoms with Crippen molar-refractivity contribution in [2.45, 2.75) is 32.6 Å². The van der Waals surface area contributed by atoms with E-state index in [0.29, 0.717) is 0 Å². The van der Waals surface area contributed by atoms with E-state index < -0.39 is 17.9 Å². The minimum atomic E-state index is -0.916. The van der Waals surface area contributed by atoms with E-state index in [4.69, 9.17) is 5.11 Å². The van der Waals surface area contributed by atoms with Gasteiger partial charge in [0.1, 0.15) is 5.78 Å². The zero-order chi connectivity index (χ0) is 11.8. The molecule has 0 radical (unpaired) electrons. The first-order chi connectivity index (χ1) is 6.91. The summed E-state index contributed by atoms with van der Waals surface area (Å²) >= 11 is 0. The molecule has 0 amide bonds. The highest BCUT2D eigenvalue weighted by atomic mass is 16.6. The summed E-state index contributed by atoms with van der Waals surface area (Å²) in [6, 6.07) is 0. The van der Waals surface area contributed by atoms with E-state index in [-0.39, 0.29) is 31.5 Å². The molecule has 0 bridgehead atoms. The molecule has 1 N–H and O–H groups in total. The standard InChI is InChI=1S/C5H8O3.C4H4O3/c1-4(6)2-3-5(7)8;5-3-1-2-4(6)7-3/h2-3H2,1H3,(H,7,8);1-2H2. The summed E-state index contributed by atoms with van der Waals surface area (Å²) in [5.74, 6) is -1.79. The fourth-order valence-electron chi connectivity index (χ4n) is 0.716. The first-order valence-corrected chi connectivity index (χ1v) is 4.36. The number of carboxylic acid groups (broad SMARTS) is 1. The lowest BCUT2D eigenvalue weighted by molar-refractivity contribution is -0.152. The summed E-state index contributed by atoms with van der Waals surface area (Å²) in [4.78, 5) is 39.9. The second kappa shape index (κ2) is 6.69. The molecule has 0 aromatic carbocycles. The number of carboxylic acids is 1. The molecule has 1 saturated heterocycles. The number of carbonyl (C=O) groups excluding carboxylic acids is 3. The van der Waals surface area contributed by atoms with Gasteiger partial charge in [0.05, 0.1) is 19.3 Å². The van der Waals surface area contributed by atoms with Crippen molar-refractivity contribution in [1.29, 1.82) is 0 Å². The summed E-state index contributed by atoms with van der Waals surface area (Å²) in [5.41, 5.74) is 0. The number of ketones is 1. The second-order valence-electron chi connectivity index (χ2n) is 2.94. The molecule has 6 heteroatoms. The van der Waals surface area contributed by atoms with Gasteiger partial charge in [0.15, 0.2) is 0 Å². The highest BCUT2D eigenvalue weighted by molar-refractivity contribution is 5.92. The lowest BCUT2D eigenvalue weighted by Gasteiger charge is -1.86. The Morgan fingerprint density at radius 2 is 1.67 bits per heavy atom. The molecule has 0 aliphatic carbocycles. The van der Waals surface area contributed by atoms with E-state index in [1.165, 1.54) is 6.92 Å². The Balaban J connectivity index is 0.000000262. The lowest BCUT2D eigenvalue weighted by atomic mass is 10.2. The molecule has 0 unspecified atom stereocenters. The number of esters is 2. The van der Waals surface area contributed by atoms with Gasteiger partial charge in [0, 0.05) is 6.42 Å². The highest BCUT2D eigenvalue weighted by Gasteiger charge is 2.19. The molecule has 1 heterocycles. The van der Waals surface area contributed by atoms with E-state index in [9.17, 15) is 19.2 Å². The molecule has 1 fully saturated rings. The van der Waals surface area contributed by atoms with Gasteiger partial charge in [0.2, 0.25) is 0 Å². The molecule has 84 valence electrons. The second-order valence-corrected chi connectivity index (χ2v) is 2.94. The van der Waals surface area contributed by atoms with Gasteiger partial charge >= 0.3 is 17.9 Å². The van der Waals surface area contributed by atoms with Crippen molar-refractivity contribution in [3.8, 4) is 0 Å². The quantitative estimate of drug-likeness (QED) is 0.537. The molecule has 1 aliphatic heterocycles. The van der Waals surface area contributed by atoms with Gasteiger partial charge in [-0.05, 0) is 6.92 Å². The molecular formula is C9H12O6. The molecular weight excluding hydrogens is 204 g/mol. The summed E-state index contributed by atoms with van der Waals surface area (Å²) in [7, 11) is 0. The third-order valence-electron chi connectivity index (χ3n) is 1.45. The maximum atomic E-state index is 10.1. The minimum Gasteiger partial charge on any atom is -0.481 e. The van der Waals surface area contributed by atoms with Crippen molar-refractivity contribution in [2.24, 2.45) is 0 Å². The minimum absolute atomic E-state index is 0.0463. The SMILES string of the molecule is CC(=O)CCC(=O)O.O=C1CCC(=O)O1. The maximum Gasteiger partial charge on any atom is 0.314 e. The average molecular weight is 216 g/mol. The molecule has 1 rings (SSSR count).